The Morgan fingerprint density at radius 1 is 1.19 bits per heavy atom. The topological polar surface area (TPSA) is 113 Å². The Bertz CT molecular complexity index is 1230. The predicted octanol–water partition coefficient (Wildman–Crippen LogP) is 3.36. The van der Waals surface area contributed by atoms with Gasteiger partial charge in [-0.25, -0.2) is 0 Å². The van der Waals surface area contributed by atoms with Crippen molar-refractivity contribution in [2.75, 3.05) is 23.4 Å². The number of nitrogens with one attached hydrogen (secondary N) is 2. The summed E-state index contributed by atoms with van der Waals surface area (Å²) in [5.74, 6) is 1.26. The lowest BCUT2D eigenvalue weighted by Gasteiger charge is -2.16. The number of benzene rings is 2. The van der Waals surface area contributed by atoms with Gasteiger partial charge in [-0.05, 0) is 30.7 Å². The number of anilines is 2. The number of rotatable bonds is 6. The lowest BCUT2D eigenvalue weighted by molar-refractivity contribution is -0.118. The van der Waals surface area contributed by atoms with Crippen LogP contribution in [0.5, 0.6) is 5.75 Å². The number of furan rings is 1. The van der Waals surface area contributed by atoms with Crippen molar-refractivity contribution in [3.05, 3.63) is 54.6 Å². The fourth-order valence-corrected chi connectivity index (χ4v) is 3.50. The van der Waals surface area contributed by atoms with Gasteiger partial charge in [0.25, 0.3) is 5.91 Å². The number of carbonyl (C=O) groups is 2. The van der Waals surface area contributed by atoms with Crippen LogP contribution in [0.2, 0.25) is 0 Å². The number of aromatic amines is 1. The molecule has 1 aliphatic heterocycles. The Morgan fingerprint density at radius 2 is 2.10 bits per heavy atom. The monoisotopic (exact) mass is 417 g/mol. The molecular formula is C22H19N5O4. The van der Waals surface area contributed by atoms with E-state index in [9.17, 15) is 9.59 Å². The largest absolute Gasteiger partial charge is 0.484 e. The molecule has 156 valence electrons. The van der Waals surface area contributed by atoms with Gasteiger partial charge in [-0.3, -0.25) is 20.0 Å². The van der Waals surface area contributed by atoms with E-state index in [1.54, 1.807) is 23.1 Å². The third-order valence-corrected chi connectivity index (χ3v) is 4.97. The smallest absolute Gasteiger partial charge is 0.264 e. The van der Waals surface area contributed by atoms with Gasteiger partial charge in [-0.1, -0.05) is 24.3 Å². The zero-order valence-corrected chi connectivity index (χ0v) is 16.5. The highest BCUT2D eigenvalue weighted by Crippen LogP contribution is 2.26. The van der Waals surface area contributed by atoms with Gasteiger partial charge in [0.05, 0.1) is 0 Å². The number of amides is 2. The van der Waals surface area contributed by atoms with Gasteiger partial charge in [-0.2, -0.15) is 4.98 Å². The first-order valence-corrected chi connectivity index (χ1v) is 9.90. The summed E-state index contributed by atoms with van der Waals surface area (Å²) in [6.07, 6.45) is 1.40. The van der Waals surface area contributed by atoms with Gasteiger partial charge < -0.3 is 14.1 Å². The molecule has 9 heteroatoms. The number of carbonyl (C=O) groups excluding carboxylic acids is 2. The molecule has 5 rings (SSSR count). The van der Waals surface area contributed by atoms with E-state index in [4.69, 9.17) is 9.15 Å². The molecule has 2 amide bonds. The molecule has 1 fully saturated rings. The molecule has 1 aliphatic rings. The second kappa shape index (κ2) is 7.94. The molecule has 0 unspecified atom stereocenters. The molecule has 0 radical (unpaired) electrons. The van der Waals surface area contributed by atoms with E-state index in [-0.39, 0.29) is 18.5 Å². The minimum absolute atomic E-state index is 0.0970. The second-order valence-corrected chi connectivity index (χ2v) is 7.14. The fraction of sp³-hybridized carbons (Fsp3) is 0.182. The number of ether oxygens (including phenoxy) is 1. The number of H-pyrrole nitrogens is 1. The van der Waals surface area contributed by atoms with Crippen molar-refractivity contribution in [2.45, 2.75) is 12.8 Å². The van der Waals surface area contributed by atoms with Gasteiger partial charge >= 0.3 is 0 Å². The van der Waals surface area contributed by atoms with Crippen molar-refractivity contribution in [3.63, 3.8) is 0 Å². The molecule has 2 aromatic carbocycles. The number of fused-ring (bicyclic) bond motifs is 1. The summed E-state index contributed by atoms with van der Waals surface area (Å²) >= 11 is 0. The van der Waals surface area contributed by atoms with Crippen LogP contribution < -0.4 is 15.0 Å². The standard InChI is InChI=1S/C22H19N5O4/c28-19(13-30-16-7-3-6-15(12-16)27-10-4-9-20(27)29)23-22-24-21(25-26-22)18-11-14-5-1-2-8-17(14)31-18/h1-3,5-8,11-12H,4,9-10,13H2,(H2,23,24,25,26,28). The molecule has 0 saturated carbocycles. The maximum atomic E-state index is 12.2. The van der Waals surface area contributed by atoms with Crippen molar-refractivity contribution < 1.29 is 18.7 Å². The minimum Gasteiger partial charge on any atom is -0.484 e. The third kappa shape index (κ3) is 3.97. The van der Waals surface area contributed by atoms with Crippen LogP contribution >= 0.6 is 0 Å². The summed E-state index contributed by atoms with van der Waals surface area (Å²) in [5, 5.41) is 10.3. The molecule has 9 nitrogen and oxygen atoms in total. The first-order valence-electron chi connectivity index (χ1n) is 9.90. The van der Waals surface area contributed by atoms with Crippen molar-refractivity contribution >= 4 is 34.4 Å². The molecule has 0 atom stereocenters. The Hall–Kier alpha value is -4.14. The fourth-order valence-electron chi connectivity index (χ4n) is 3.50. The quantitative estimate of drug-likeness (QED) is 0.497. The second-order valence-electron chi connectivity index (χ2n) is 7.14. The van der Waals surface area contributed by atoms with Crippen molar-refractivity contribution in [1.29, 1.82) is 0 Å². The maximum Gasteiger partial charge on any atom is 0.264 e. The Labute approximate surface area is 177 Å². The lowest BCUT2D eigenvalue weighted by atomic mass is 10.2. The summed E-state index contributed by atoms with van der Waals surface area (Å²) in [6, 6.07) is 16.6. The number of hydrogen-bond donors (Lipinski definition) is 2. The van der Waals surface area contributed by atoms with E-state index in [0.29, 0.717) is 30.3 Å². The van der Waals surface area contributed by atoms with E-state index in [1.807, 2.05) is 36.4 Å². The van der Waals surface area contributed by atoms with Crippen LogP contribution in [0.3, 0.4) is 0 Å². The molecule has 2 aromatic heterocycles. The van der Waals surface area contributed by atoms with Gasteiger partial charge in [0.2, 0.25) is 11.9 Å². The number of aromatic nitrogens is 3. The molecule has 0 aliphatic carbocycles. The first kappa shape index (κ1) is 18.9. The maximum absolute atomic E-state index is 12.2. The molecule has 4 aromatic rings. The van der Waals surface area contributed by atoms with Gasteiger partial charge in [0.1, 0.15) is 11.3 Å². The zero-order valence-electron chi connectivity index (χ0n) is 16.5. The van der Waals surface area contributed by atoms with Crippen molar-refractivity contribution in [2.24, 2.45) is 0 Å². The molecular weight excluding hydrogens is 398 g/mol. The molecule has 0 bridgehead atoms. The Kier molecular flexibility index (Phi) is 4.83. The van der Waals surface area contributed by atoms with E-state index >= 15 is 0 Å². The molecule has 3 heterocycles. The first-order chi connectivity index (χ1) is 15.2. The molecule has 2 N–H and O–H groups in total. The summed E-state index contributed by atoms with van der Waals surface area (Å²) in [7, 11) is 0. The summed E-state index contributed by atoms with van der Waals surface area (Å²) < 4.78 is 11.3. The average Bonchev–Trinajstić information content (AvgIpc) is 3.51. The zero-order chi connectivity index (χ0) is 21.2. The van der Waals surface area contributed by atoms with E-state index < -0.39 is 5.91 Å². The number of nitrogens with zero attached hydrogens (tertiary/aromatic N) is 3. The van der Waals surface area contributed by atoms with Crippen LogP contribution in [0.4, 0.5) is 11.6 Å². The minimum atomic E-state index is -0.405. The summed E-state index contributed by atoms with van der Waals surface area (Å²) in [4.78, 5) is 30.1. The summed E-state index contributed by atoms with van der Waals surface area (Å²) in [5.41, 5.74) is 1.51. The van der Waals surface area contributed by atoms with Crippen molar-refractivity contribution in [1.82, 2.24) is 15.2 Å². The van der Waals surface area contributed by atoms with Gasteiger partial charge in [0, 0.05) is 30.1 Å². The number of hydrogen-bond acceptors (Lipinski definition) is 6. The highest BCUT2D eigenvalue weighted by molar-refractivity contribution is 5.95. The van der Waals surface area contributed by atoms with Gasteiger partial charge in [-0.15, -0.1) is 5.10 Å². The lowest BCUT2D eigenvalue weighted by Crippen LogP contribution is -2.24. The predicted molar refractivity (Wildman–Crippen MR) is 114 cm³/mol. The Balaban J connectivity index is 1.20. The number of para-hydroxylation sites is 1. The Morgan fingerprint density at radius 3 is 2.94 bits per heavy atom. The normalized spacial score (nSPS) is 13.7. The van der Waals surface area contributed by atoms with E-state index in [1.165, 1.54) is 0 Å². The van der Waals surface area contributed by atoms with Gasteiger partial charge in [0.15, 0.2) is 18.2 Å². The summed E-state index contributed by atoms with van der Waals surface area (Å²) in [6.45, 7) is 0.479. The van der Waals surface area contributed by atoms with Crippen molar-refractivity contribution in [3.8, 4) is 17.3 Å². The van der Waals surface area contributed by atoms with E-state index in [2.05, 4.69) is 20.5 Å². The SMILES string of the molecule is O=C(COc1cccc(N2CCCC2=O)c1)Nc1n[nH]c(-c2cc3ccccc3o2)n1. The molecule has 1 saturated heterocycles. The van der Waals surface area contributed by atoms with Crippen LogP contribution in [0.15, 0.2) is 59.0 Å². The van der Waals surface area contributed by atoms with Crippen LogP contribution in [0.1, 0.15) is 12.8 Å². The molecule has 31 heavy (non-hydrogen) atoms. The highest BCUT2D eigenvalue weighted by Gasteiger charge is 2.22. The highest BCUT2D eigenvalue weighted by atomic mass is 16.5. The van der Waals surface area contributed by atoms with E-state index in [0.717, 1.165) is 23.1 Å². The average molecular weight is 417 g/mol. The molecule has 0 spiro atoms. The van der Waals surface area contributed by atoms with Crippen LogP contribution in [-0.2, 0) is 9.59 Å². The van der Waals surface area contributed by atoms with Crippen LogP contribution in [0, 0.1) is 0 Å². The van der Waals surface area contributed by atoms with Crippen LogP contribution in [-0.4, -0.2) is 40.1 Å². The van der Waals surface area contributed by atoms with Crippen LogP contribution in [0.25, 0.3) is 22.6 Å². The third-order valence-electron chi connectivity index (χ3n) is 4.97.